The molecule has 0 bridgehead atoms. The summed E-state index contributed by atoms with van der Waals surface area (Å²) in [6.45, 7) is 0. The fraction of sp³-hybridized carbons (Fsp3) is 0.167. The summed E-state index contributed by atoms with van der Waals surface area (Å²) in [6, 6.07) is 9.96. The molecule has 1 aromatic rings. The lowest BCUT2D eigenvalue weighted by Gasteiger charge is -1.91. The number of methoxy groups -OCH3 is 1. The molecule has 2 rings (SSSR count). The molecule has 0 aliphatic carbocycles. The van der Waals surface area contributed by atoms with Gasteiger partial charge in [-0.2, -0.15) is 0 Å². The minimum atomic E-state index is -0.343. The Morgan fingerprint density at radius 2 is 2.13 bits per heavy atom. The second-order valence-corrected chi connectivity index (χ2v) is 3.21. The SMILES string of the molecule is COC(=O)/C=C/C1N=C1c1ccccc1. The lowest BCUT2D eigenvalue weighted by atomic mass is 10.1. The fourth-order valence-electron chi connectivity index (χ4n) is 1.34. The highest BCUT2D eigenvalue weighted by molar-refractivity contribution is 6.14. The maximum absolute atomic E-state index is 10.8. The summed E-state index contributed by atoms with van der Waals surface area (Å²) in [5.74, 6) is -0.343. The molecular weight excluding hydrogens is 190 g/mol. The summed E-state index contributed by atoms with van der Waals surface area (Å²) < 4.78 is 4.49. The highest BCUT2D eigenvalue weighted by Gasteiger charge is 2.25. The molecule has 15 heavy (non-hydrogen) atoms. The highest BCUT2D eigenvalue weighted by Crippen LogP contribution is 2.20. The molecule has 0 saturated heterocycles. The van der Waals surface area contributed by atoms with Crippen LogP contribution in [-0.4, -0.2) is 24.8 Å². The smallest absolute Gasteiger partial charge is 0.330 e. The monoisotopic (exact) mass is 201 g/mol. The molecule has 1 unspecified atom stereocenters. The number of esters is 1. The van der Waals surface area contributed by atoms with Crippen LogP contribution in [0.4, 0.5) is 0 Å². The average Bonchev–Trinajstić information content (AvgIpc) is 3.06. The number of carbonyl (C=O) groups is 1. The van der Waals surface area contributed by atoms with Gasteiger partial charge >= 0.3 is 5.97 Å². The van der Waals surface area contributed by atoms with Crippen LogP contribution in [0, 0.1) is 0 Å². The van der Waals surface area contributed by atoms with Crippen molar-refractivity contribution >= 4 is 11.7 Å². The molecule has 1 aliphatic heterocycles. The number of nitrogens with zero attached hydrogens (tertiary/aromatic N) is 1. The second kappa shape index (κ2) is 4.09. The van der Waals surface area contributed by atoms with Gasteiger partial charge in [0.2, 0.25) is 0 Å². The molecular formula is C12H11NO2. The number of hydrogen-bond acceptors (Lipinski definition) is 3. The zero-order chi connectivity index (χ0) is 10.7. The minimum Gasteiger partial charge on any atom is -0.466 e. The summed E-state index contributed by atoms with van der Waals surface area (Å²) in [5, 5.41) is 0. The summed E-state index contributed by atoms with van der Waals surface area (Å²) >= 11 is 0. The van der Waals surface area contributed by atoms with E-state index in [1.165, 1.54) is 13.2 Å². The van der Waals surface area contributed by atoms with Crippen molar-refractivity contribution in [3.05, 3.63) is 48.0 Å². The molecule has 76 valence electrons. The molecule has 1 aromatic carbocycles. The number of ether oxygens (including phenoxy) is 1. The predicted molar refractivity (Wildman–Crippen MR) is 57.9 cm³/mol. The van der Waals surface area contributed by atoms with Gasteiger partial charge in [0.25, 0.3) is 0 Å². The highest BCUT2D eigenvalue weighted by atomic mass is 16.5. The summed E-state index contributed by atoms with van der Waals surface area (Å²) in [5.41, 5.74) is 2.13. The van der Waals surface area contributed by atoms with Crippen molar-refractivity contribution in [3.8, 4) is 0 Å². The summed E-state index contributed by atoms with van der Waals surface area (Å²) in [7, 11) is 1.36. The predicted octanol–water partition coefficient (Wildman–Crippen LogP) is 1.59. The Morgan fingerprint density at radius 3 is 2.80 bits per heavy atom. The molecule has 3 nitrogen and oxygen atoms in total. The van der Waals surface area contributed by atoms with Crippen molar-refractivity contribution < 1.29 is 9.53 Å². The molecule has 1 aliphatic rings. The van der Waals surface area contributed by atoms with Gasteiger partial charge in [-0.1, -0.05) is 30.3 Å². The van der Waals surface area contributed by atoms with E-state index in [-0.39, 0.29) is 12.0 Å². The van der Waals surface area contributed by atoms with Gasteiger partial charge in [0, 0.05) is 6.08 Å². The maximum Gasteiger partial charge on any atom is 0.330 e. The van der Waals surface area contributed by atoms with Crippen LogP contribution in [0.25, 0.3) is 0 Å². The van der Waals surface area contributed by atoms with Crippen LogP contribution in [0.1, 0.15) is 5.56 Å². The van der Waals surface area contributed by atoms with Gasteiger partial charge in [0.05, 0.1) is 12.8 Å². The van der Waals surface area contributed by atoms with Gasteiger partial charge in [-0.3, -0.25) is 4.99 Å². The second-order valence-electron chi connectivity index (χ2n) is 3.21. The molecule has 0 fully saturated rings. The third kappa shape index (κ3) is 2.31. The number of benzene rings is 1. The molecule has 1 heterocycles. The van der Waals surface area contributed by atoms with E-state index in [0.717, 1.165) is 11.3 Å². The van der Waals surface area contributed by atoms with Gasteiger partial charge < -0.3 is 4.74 Å². The van der Waals surface area contributed by atoms with Crippen molar-refractivity contribution in [1.82, 2.24) is 0 Å². The van der Waals surface area contributed by atoms with Crippen LogP contribution >= 0.6 is 0 Å². The van der Waals surface area contributed by atoms with Crippen LogP contribution in [0.3, 0.4) is 0 Å². The fourth-order valence-corrected chi connectivity index (χ4v) is 1.34. The zero-order valence-corrected chi connectivity index (χ0v) is 8.38. The molecule has 0 amide bonds. The van der Waals surface area contributed by atoms with Gasteiger partial charge in [0.15, 0.2) is 0 Å². The number of hydrogen-bond donors (Lipinski definition) is 0. The normalized spacial score (nSPS) is 18.7. The Balaban J connectivity index is 1.94. The van der Waals surface area contributed by atoms with Crippen molar-refractivity contribution in [1.29, 1.82) is 0 Å². The van der Waals surface area contributed by atoms with Gasteiger partial charge in [-0.25, -0.2) is 4.79 Å². The molecule has 0 aromatic heterocycles. The van der Waals surface area contributed by atoms with E-state index in [1.54, 1.807) is 6.08 Å². The van der Waals surface area contributed by atoms with E-state index >= 15 is 0 Å². The van der Waals surface area contributed by atoms with E-state index in [1.807, 2.05) is 30.3 Å². The van der Waals surface area contributed by atoms with E-state index in [2.05, 4.69) is 9.73 Å². The molecule has 0 N–H and O–H groups in total. The molecule has 0 radical (unpaired) electrons. The van der Waals surface area contributed by atoms with E-state index in [9.17, 15) is 4.79 Å². The maximum atomic E-state index is 10.8. The molecule has 1 atom stereocenters. The quantitative estimate of drug-likeness (QED) is 0.550. The first kappa shape index (κ1) is 9.65. The largest absolute Gasteiger partial charge is 0.466 e. The molecule has 0 saturated carbocycles. The Hall–Kier alpha value is -1.90. The van der Waals surface area contributed by atoms with Crippen molar-refractivity contribution in [2.45, 2.75) is 6.04 Å². The van der Waals surface area contributed by atoms with Crippen molar-refractivity contribution in [2.24, 2.45) is 4.99 Å². The first-order chi connectivity index (χ1) is 7.31. The zero-order valence-electron chi connectivity index (χ0n) is 8.38. The molecule has 3 heteroatoms. The van der Waals surface area contributed by atoms with Gasteiger partial charge in [-0.15, -0.1) is 0 Å². The Kier molecular flexibility index (Phi) is 2.63. The van der Waals surface area contributed by atoms with Crippen LogP contribution in [-0.2, 0) is 9.53 Å². The average molecular weight is 201 g/mol. The standard InChI is InChI=1S/C12H11NO2/c1-15-11(14)8-7-10-12(13-10)9-5-3-2-4-6-9/h2-8,10H,1H3/b8-7+. The van der Waals surface area contributed by atoms with E-state index in [0.29, 0.717) is 0 Å². The first-order valence-corrected chi connectivity index (χ1v) is 4.70. The summed E-state index contributed by atoms with van der Waals surface area (Å²) in [6.07, 6.45) is 3.15. The van der Waals surface area contributed by atoms with Crippen LogP contribution < -0.4 is 0 Å². The van der Waals surface area contributed by atoms with Gasteiger partial charge in [0.1, 0.15) is 6.04 Å². The van der Waals surface area contributed by atoms with Crippen molar-refractivity contribution in [3.63, 3.8) is 0 Å². The number of rotatable bonds is 3. The van der Waals surface area contributed by atoms with Crippen LogP contribution in [0.5, 0.6) is 0 Å². The van der Waals surface area contributed by atoms with Gasteiger partial charge in [-0.05, 0) is 11.6 Å². The van der Waals surface area contributed by atoms with Crippen molar-refractivity contribution in [2.75, 3.05) is 7.11 Å². The van der Waals surface area contributed by atoms with E-state index in [4.69, 9.17) is 0 Å². The lowest BCUT2D eigenvalue weighted by molar-refractivity contribution is -0.134. The number of carbonyl (C=O) groups excluding carboxylic acids is 1. The Bertz CT molecular complexity index is 421. The number of aliphatic imine (C=N–C) groups is 1. The van der Waals surface area contributed by atoms with Crippen LogP contribution in [0.15, 0.2) is 47.5 Å². The topological polar surface area (TPSA) is 38.7 Å². The Labute approximate surface area is 88.1 Å². The third-order valence-electron chi connectivity index (χ3n) is 2.18. The Morgan fingerprint density at radius 1 is 1.40 bits per heavy atom. The minimum absolute atomic E-state index is 0.0477. The van der Waals surface area contributed by atoms with Crippen LogP contribution in [0.2, 0.25) is 0 Å². The molecule has 0 spiro atoms. The first-order valence-electron chi connectivity index (χ1n) is 4.70. The summed E-state index contributed by atoms with van der Waals surface area (Å²) in [4.78, 5) is 15.1. The van der Waals surface area contributed by atoms with E-state index < -0.39 is 0 Å². The lowest BCUT2D eigenvalue weighted by Crippen LogP contribution is -1.98. The third-order valence-corrected chi connectivity index (χ3v) is 2.18.